The average molecular weight is 268 g/mol. The van der Waals surface area contributed by atoms with Crippen molar-refractivity contribution in [2.75, 3.05) is 11.9 Å². The van der Waals surface area contributed by atoms with E-state index in [1.54, 1.807) is 7.05 Å². The maximum Gasteiger partial charge on any atom is 0.321 e. The summed E-state index contributed by atoms with van der Waals surface area (Å²) in [6.07, 6.45) is 2.73. The van der Waals surface area contributed by atoms with Crippen LogP contribution in [0, 0.1) is 5.41 Å². The first-order valence-electron chi connectivity index (χ1n) is 6.00. The molecule has 2 rings (SSSR count). The molecule has 1 heterocycles. The van der Waals surface area contributed by atoms with Gasteiger partial charge in [-0.2, -0.15) is 4.80 Å². The van der Waals surface area contributed by atoms with Gasteiger partial charge in [0.2, 0.25) is 0 Å². The molecule has 0 saturated heterocycles. The van der Waals surface area contributed by atoms with Gasteiger partial charge in [0.15, 0.2) is 0 Å². The van der Waals surface area contributed by atoms with Crippen LogP contribution in [0.25, 0.3) is 0 Å². The highest BCUT2D eigenvalue weighted by Gasteiger charge is 2.39. The van der Waals surface area contributed by atoms with Crippen molar-refractivity contribution in [2.24, 2.45) is 12.5 Å². The van der Waals surface area contributed by atoms with Gasteiger partial charge in [-0.25, -0.2) is 4.79 Å². The van der Waals surface area contributed by atoms with Gasteiger partial charge in [0, 0.05) is 6.54 Å². The molecule has 0 spiro atoms. The fraction of sp³-hybridized carbons (Fsp3) is 0.700. The molecular formula is C10H16N6O3. The van der Waals surface area contributed by atoms with Crippen molar-refractivity contribution in [3.63, 3.8) is 0 Å². The van der Waals surface area contributed by atoms with E-state index < -0.39 is 12.0 Å². The van der Waals surface area contributed by atoms with Crippen molar-refractivity contribution in [2.45, 2.75) is 25.7 Å². The number of urea groups is 1. The van der Waals surface area contributed by atoms with E-state index in [9.17, 15) is 9.59 Å². The summed E-state index contributed by atoms with van der Waals surface area (Å²) < 4.78 is 0. The third-order valence-corrected chi connectivity index (χ3v) is 3.30. The lowest BCUT2D eigenvalue weighted by atomic mass is 9.66. The molecule has 9 nitrogen and oxygen atoms in total. The zero-order valence-electron chi connectivity index (χ0n) is 10.6. The van der Waals surface area contributed by atoms with Crippen LogP contribution in [0.4, 0.5) is 10.7 Å². The topological polar surface area (TPSA) is 122 Å². The lowest BCUT2D eigenvalue weighted by molar-refractivity contribution is -0.141. The van der Waals surface area contributed by atoms with Gasteiger partial charge < -0.3 is 10.4 Å². The van der Waals surface area contributed by atoms with E-state index in [0.717, 1.165) is 19.3 Å². The average Bonchev–Trinajstić information content (AvgIpc) is 2.67. The number of rotatable bonds is 5. The summed E-state index contributed by atoms with van der Waals surface area (Å²) in [5, 5.41) is 25.0. The fourth-order valence-electron chi connectivity index (χ4n) is 2.16. The van der Waals surface area contributed by atoms with E-state index in [4.69, 9.17) is 5.11 Å². The highest BCUT2D eigenvalue weighted by molar-refractivity contribution is 5.87. The number of hydrogen-bond donors (Lipinski definition) is 3. The number of amides is 2. The highest BCUT2D eigenvalue weighted by Crippen LogP contribution is 2.43. The summed E-state index contributed by atoms with van der Waals surface area (Å²) in [5.74, 6) is -0.724. The van der Waals surface area contributed by atoms with Gasteiger partial charge in [0.1, 0.15) is 0 Å². The van der Waals surface area contributed by atoms with E-state index in [2.05, 4.69) is 26.0 Å². The summed E-state index contributed by atoms with van der Waals surface area (Å²) in [6, 6.07) is -0.454. The molecule has 3 N–H and O–H groups in total. The first kappa shape index (κ1) is 13.2. The number of hydrogen-bond acceptors (Lipinski definition) is 5. The Morgan fingerprint density at radius 1 is 1.47 bits per heavy atom. The van der Waals surface area contributed by atoms with Crippen LogP contribution in [-0.2, 0) is 11.8 Å². The smallest absolute Gasteiger partial charge is 0.321 e. The van der Waals surface area contributed by atoms with E-state index in [0.29, 0.717) is 6.54 Å². The molecule has 0 aromatic carbocycles. The Labute approximate surface area is 109 Å². The molecule has 0 atom stereocenters. The van der Waals surface area contributed by atoms with Crippen LogP contribution in [0.1, 0.15) is 25.7 Å². The minimum Gasteiger partial charge on any atom is -0.481 e. The van der Waals surface area contributed by atoms with Gasteiger partial charge >= 0.3 is 12.0 Å². The Kier molecular flexibility index (Phi) is 3.63. The number of aliphatic carboxylic acids is 1. The number of carboxylic acid groups (broad SMARTS) is 1. The van der Waals surface area contributed by atoms with Gasteiger partial charge in [-0.15, -0.1) is 5.10 Å². The number of aromatic nitrogens is 4. The number of nitrogens with zero attached hydrogens (tertiary/aromatic N) is 4. The SMILES string of the molecule is Cn1nnc(NC(=O)NCC2(CC(=O)O)CCC2)n1. The third-order valence-electron chi connectivity index (χ3n) is 3.30. The van der Waals surface area contributed by atoms with E-state index in [1.807, 2.05) is 0 Å². The Morgan fingerprint density at radius 2 is 2.21 bits per heavy atom. The standard InChI is InChI=1S/C10H16N6O3/c1-16-14-8(13-15-16)12-9(19)11-6-10(3-2-4-10)5-7(17)18/h2-6H2,1H3,(H,17,18)(H2,11,12,14,19). The number of aryl methyl sites for hydroxylation is 1. The second kappa shape index (κ2) is 5.21. The Balaban J connectivity index is 1.81. The van der Waals surface area contributed by atoms with Crippen molar-refractivity contribution in [1.82, 2.24) is 25.5 Å². The van der Waals surface area contributed by atoms with Gasteiger partial charge in [0.05, 0.1) is 13.5 Å². The molecule has 0 radical (unpaired) electrons. The molecule has 1 fully saturated rings. The van der Waals surface area contributed by atoms with Gasteiger partial charge in [-0.1, -0.05) is 11.5 Å². The molecule has 1 aromatic heterocycles. The summed E-state index contributed by atoms with van der Waals surface area (Å²) >= 11 is 0. The van der Waals surface area contributed by atoms with Crippen LogP contribution < -0.4 is 10.6 Å². The minimum atomic E-state index is -0.836. The van der Waals surface area contributed by atoms with Crippen molar-refractivity contribution in [3.8, 4) is 0 Å². The first-order chi connectivity index (χ1) is 8.99. The maximum atomic E-state index is 11.6. The van der Waals surface area contributed by atoms with E-state index >= 15 is 0 Å². The number of anilines is 1. The molecule has 104 valence electrons. The van der Waals surface area contributed by atoms with Crippen molar-refractivity contribution >= 4 is 17.9 Å². The molecule has 0 aliphatic heterocycles. The first-order valence-corrected chi connectivity index (χ1v) is 6.00. The van der Waals surface area contributed by atoms with Crippen LogP contribution >= 0.6 is 0 Å². The second-order valence-corrected chi connectivity index (χ2v) is 4.83. The van der Waals surface area contributed by atoms with E-state index in [1.165, 1.54) is 4.80 Å². The molecule has 1 aliphatic carbocycles. The monoisotopic (exact) mass is 268 g/mol. The molecule has 0 bridgehead atoms. The second-order valence-electron chi connectivity index (χ2n) is 4.83. The molecule has 2 amide bonds. The zero-order chi connectivity index (χ0) is 13.9. The molecule has 9 heteroatoms. The summed E-state index contributed by atoms with van der Waals surface area (Å²) in [4.78, 5) is 23.6. The lowest BCUT2D eigenvalue weighted by Crippen LogP contribution is -2.44. The molecule has 1 saturated carbocycles. The summed E-state index contributed by atoms with van der Waals surface area (Å²) in [7, 11) is 1.59. The molecular weight excluding hydrogens is 252 g/mol. The lowest BCUT2D eigenvalue weighted by Gasteiger charge is -2.40. The van der Waals surface area contributed by atoms with Gasteiger partial charge in [-0.3, -0.25) is 10.1 Å². The predicted molar refractivity (Wildman–Crippen MR) is 64.4 cm³/mol. The summed E-state index contributed by atoms with van der Waals surface area (Å²) in [6.45, 7) is 0.339. The highest BCUT2D eigenvalue weighted by atomic mass is 16.4. The van der Waals surface area contributed by atoms with Crippen LogP contribution in [0.15, 0.2) is 0 Å². The third kappa shape index (κ3) is 3.39. The van der Waals surface area contributed by atoms with E-state index in [-0.39, 0.29) is 17.8 Å². The van der Waals surface area contributed by atoms with Crippen molar-refractivity contribution < 1.29 is 14.7 Å². The Hall–Kier alpha value is -2.19. The molecule has 1 aromatic rings. The molecule has 0 unspecified atom stereocenters. The number of nitrogens with one attached hydrogen (secondary N) is 2. The van der Waals surface area contributed by atoms with Crippen molar-refractivity contribution in [3.05, 3.63) is 0 Å². The number of carboxylic acids is 1. The largest absolute Gasteiger partial charge is 0.481 e. The maximum absolute atomic E-state index is 11.6. The predicted octanol–water partition coefficient (Wildman–Crippen LogP) is -0.0234. The van der Waals surface area contributed by atoms with Crippen LogP contribution in [0.2, 0.25) is 0 Å². The molecule has 19 heavy (non-hydrogen) atoms. The van der Waals surface area contributed by atoms with Gasteiger partial charge in [0.25, 0.3) is 5.95 Å². The summed E-state index contributed by atoms with van der Waals surface area (Å²) in [5.41, 5.74) is -0.307. The van der Waals surface area contributed by atoms with Crippen LogP contribution in [0.3, 0.4) is 0 Å². The number of tetrazole rings is 1. The van der Waals surface area contributed by atoms with Crippen molar-refractivity contribution in [1.29, 1.82) is 0 Å². The Morgan fingerprint density at radius 3 is 2.68 bits per heavy atom. The van der Waals surface area contributed by atoms with Crippen LogP contribution in [-0.4, -0.2) is 43.9 Å². The van der Waals surface area contributed by atoms with Gasteiger partial charge in [-0.05, 0) is 23.5 Å². The zero-order valence-corrected chi connectivity index (χ0v) is 10.6. The Bertz CT molecular complexity index is 481. The number of carbonyl (C=O) groups excluding carboxylic acids is 1. The molecule has 1 aliphatic rings. The quantitative estimate of drug-likeness (QED) is 0.689. The number of carbonyl (C=O) groups is 2. The minimum absolute atomic E-state index is 0.0800. The fourth-order valence-corrected chi connectivity index (χ4v) is 2.16. The normalized spacial score (nSPS) is 16.5. The van der Waals surface area contributed by atoms with Crippen LogP contribution in [0.5, 0.6) is 0 Å².